The normalized spacial score (nSPS) is 20.2. The predicted molar refractivity (Wildman–Crippen MR) is 111 cm³/mol. The molecule has 3 atom stereocenters. The lowest BCUT2D eigenvalue weighted by Crippen LogP contribution is -2.51. The van der Waals surface area contributed by atoms with Gasteiger partial charge in [0.15, 0.2) is 5.76 Å². The Kier molecular flexibility index (Phi) is 8.88. The second-order valence-corrected chi connectivity index (χ2v) is 8.15. The molecule has 2 amide bonds. The topological polar surface area (TPSA) is 108 Å². The van der Waals surface area contributed by atoms with E-state index in [0.717, 1.165) is 5.57 Å². The molecular weight excluding hydrogens is 372 g/mol. The number of hydrogen-bond acceptors (Lipinski definition) is 5. The van der Waals surface area contributed by atoms with Gasteiger partial charge in [-0.05, 0) is 18.4 Å². The van der Waals surface area contributed by atoms with Crippen LogP contribution in [0.4, 0.5) is 0 Å². The minimum atomic E-state index is -0.753. The van der Waals surface area contributed by atoms with Crippen LogP contribution in [0.25, 0.3) is 0 Å². The summed E-state index contributed by atoms with van der Waals surface area (Å²) in [6.07, 6.45) is 10.6. The first-order chi connectivity index (χ1) is 13.5. The smallest absolute Gasteiger partial charge is 0.373 e. The monoisotopic (exact) mass is 404 g/mol. The molecule has 160 valence electrons. The number of rotatable bonds is 8. The van der Waals surface area contributed by atoms with Gasteiger partial charge in [0, 0.05) is 18.4 Å². The number of nitrogens with one attached hydrogen (secondary N) is 1. The molecule has 0 saturated carbocycles. The van der Waals surface area contributed by atoms with Crippen molar-refractivity contribution in [2.45, 2.75) is 53.2 Å². The zero-order chi connectivity index (χ0) is 22.2. The summed E-state index contributed by atoms with van der Waals surface area (Å²) in [6, 6.07) is -0.753. The first kappa shape index (κ1) is 24.2. The van der Waals surface area contributed by atoms with Gasteiger partial charge in [-0.15, -0.1) is 0 Å². The highest BCUT2D eigenvalue weighted by atomic mass is 16.6. The van der Waals surface area contributed by atoms with E-state index in [0.29, 0.717) is 6.42 Å². The Balaban J connectivity index is 2.62. The van der Waals surface area contributed by atoms with Crippen LogP contribution in [0.3, 0.4) is 0 Å². The predicted octanol–water partition coefficient (Wildman–Crippen LogP) is 2.54. The van der Waals surface area contributed by atoms with Crippen LogP contribution in [0.5, 0.6) is 0 Å². The van der Waals surface area contributed by atoms with Crippen LogP contribution in [-0.2, 0) is 23.9 Å². The van der Waals surface area contributed by atoms with Crippen LogP contribution in [-0.4, -0.2) is 37.0 Å². The van der Waals surface area contributed by atoms with Crippen LogP contribution in [0.1, 0.15) is 41.0 Å². The Bertz CT molecular complexity index is 741. The third-order valence-corrected chi connectivity index (χ3v) is 4.48. The SMILES string of the molecule is COC1=CCC(C(C)/C=C(C)/C=C\C=C/C(=O)NC(C(N)=O)C(C)(C)C)OC1=O. The number of amides is 2. The lowest BCUT2D eigenvalue weighted by molar-refractivity contribution is -0.151. The Hall–Kier alpha value is -2.83. The fraction of sp³-hybridized carbons (Fsp3) is 0.500. The molecule has 7 heteroatoms. The summed E-state index contributed by atoms with van der Waals surface area (Å²) in [4.78, 5) is 35.3. The van der Waals surface area contributed by atoms with Crippen molar-refractivity contribution in [2.24, 2.45) is 17.1 Å². The molecule has 0 aliphatic carbocycles. The van der Waals surface area contributed by atoms with Crippen LogP contribution in [0.2, 0.25) is 0 Å². The van der Waals surface area contributed by atoms with Crippen molar-refractivity contribution < 1.29 is 23.9 Å². The van der Waals surface area contributed by atoms with Crippen molar-refractivity contribution in [1.29, 1.82) is 0 Å². The van der Waals surface area contributed by atoms with Crippen LogP contribution in [0.15, 0.2) is 47.8 Å². The molecule has 0 fully saturated rings. The second-order valence-electron chi connectivity index (χ2n) is 8.15. The molecule has 0 aromatic carbocycles. The summed E-state index contributed by atoms with van der Waals surface area (Å²) in [5.74, 6) is -1.15. The average Bonchev–Trinajstić information content (AvgIpc) is 2.61. The summed E-state index contributed by atoms with van der Waals surface area (Å²) < 4.78 is 10.3. The van der Waals surface area contributed by atoms with Gasteiger partial charge in [-0.25, -0.2) is 4.79 Å². The maximum atomic E-state index is 12.0. The van der Waals surface area contributed by atoms with E-state index < -0.39 is 29.2 Å². The van der Waals surface area contributed by atoms with E-state index in [9.17, 15) is 14.4 Å². The fourth-order valence-electron chi connectivity index (χ4n) is 2.87. The molecule has 1 aliphatic rings. The number of cyclic esters (lactones) is 1. The van der Waals surface area contributed by atoms with Gasteiger partial charge in [-0.3, -0.25) is 9.59 Å². The molecule has 0 bridgehead atoms. The highest BCUT2D eigenvalue weighted by Gasteiger charge is 2.30. The van der Waals surface area contributed by atoms with Gasteiger partial charge < -0.3 is 20.5 Å². The van der Waals surface area contributed by atoms with Crippen molar-refractivity contribution in [3.8, 4) is 0 Å². The van der Waals surface area contributed by atoms with Gasteiger partial charge in [0.05, 0.1) is 7.11 Å². The van der Waals surface area contributed by atoms with Crippen molar-refractivity contribution >= 4 is 17.8 Å². The number of methoxy groups -OCH3 is 1. The van der Waals surface area contributed by atoms with Crippen molar-refractivity contribution in [2.75, 3.05) is 7.11 Å². The molecule has 0 spiro atoms. The number of carbonyl (C=O) groups excluding carboxylic acids is 3. The quantitative estimate of drug-likeness (QED) is 0.367. The molecule has 0 radical (unpaired) electrons. The maximum Gasteiger partial charge on any atom is 0.373 e. The van der Waals surface area contributed by atoms with E-state index in [2.05, 4.69) is 5.32 Å². The summed E-state index contributed by atoms with van der Waals surface area (Å²) in [7, 11) is 1.44. The molecule has 3 unspecified atom stereocenters. The third-order valence-electron chi connectivity index (χ3n) is 4.48. The molecular formula is C22H32N2O5. The highest BCUT2D eigenvalue weighted by molar-refractivity contribution is 5.93. The molecule has 0 aromatic heterocycles. The lowest BCUT2D eigenvalue weighted by atomic mass is 9.86. The highest BCUT2D eigenvalue weighted by Crippen LogP contribution is 2.22. The molecule has 1 rings (SSSR count). The number of nitrogens with two attached hydrogens (primary N) is 1. The summed E-state index contributed by atoms with van der Waals surface area (Å²) in [6.45, 7) is 9.39. The standard InChI is InChI=1S/C22H32N2O5/c1-14(13-15(2)16-11-12-17(28-6)21(27)29-16)9-7-8-10-18(25)24-19(20(23)26)22(3,4)5/h7-10,12-13,15-16,19H,11H2,1-6H3,(H2,23,26)(H,24,25)/b9-7-,10-8-,14-13+. The average molecular weight is 405 g/mol. The molecule has 0 saturated heterocycles. The molecule has 3 N–H and O–H groups in total. The Morgan fingerprint density at radius 1 is 1.31 bits per heavy atom. The van der Waals surface area contributed by atoms with Gasteiger partial charge in [0.2, 0.25) is 11.8 Å². The maximum absolute atomic E-state index is 12.0. The molecule has 29 heavy (non-hydrogen) atoms. The largest absolute Gasteiger partial charge is 0.490 e. The minimum Gasteiger partial charge on any atom is -0.490 e. The van der Waals surface area contributed by atoms with Crippen molar-refractivity contribution in [1.82, 2.24) is 5.32 Å². The van der Waals surface area contributed by atoms with E-state index in [1.807, 2.05) is 46.8 Å². The first-order valence-corrected chi connectivity index (χ1v) is 9.53. The van der Waals surface area contributed by atoms with Crippen LogP contribution in [0, 0.1) is 11.3 Å². The fourth-order valence-corrected chi connectivity index (χ4v) is 2.87. The summed E-state index contributed by atoms with van der Waals surface area (Å²) in [5.41, 5.74) is 5.85. The van der Waals surface area contributed by atoms with Crippen molar-refractivity contribution in [3.05, 3.63) is 47.8 Å². The minimum absolute atomic E-state index is 0.0219. The van der Waals surface area contributed by atoms with Crippen molar-refractivity contribution in [3.63, 3.8) is 0 Å². The first-order valence-electron chi connectivity index (χ1n) is 9.53. The number of ether oxygens (including phenoxy) is 2. The molecule has 0 aromatic rings. The van der Waals surface area contributed by atoms with E-state index >= 15 is 0 Å². The number of allylic oxidation sites excluding steroid dienone is 4. The number of primary amides is 1. The van der Waals surface area contributed by atoms with Gasteiger partial charge in [-0.2, -0.15) is 0 Å². The third kappa shape index (κ3) is 7.97. The van der Waals surface area contributed by atoms with Gasteiger partial charge in [-0.1, -0.05) is 57.6 Å². The number of carbonyl (C=O) groups is 3. The van der Waals surface area contributed by atoms with Crippen LogP contribution < -0.4 is 11.1 Å². The number of hydrogen-bond donors (Lipinski definition) is 2. The molecule has 1 aliphatic heterocycles. The Morgan fingerprint density at radius 2 is 1.93 bits per heavy atom. The van der Waals surface area contributed by atoms with Gasteiger partial charge in [0.1, 0.15) is 12.1 Å². The summed E-state index contributed by atoms with van der Waals surface area (Å²) in [5, 5.41) is 2.62. The van der Waals surface area contributed by atoms with E-state index in [4.69, 9.17) is 15.2 Å². The van der Waals surface area contributed by atoms with E-state index in [1.54, 1.807) is 18.2 Å². The molecule has 1 heterocycles. The number of esters is 1. The zero-order valence-electron chi connectivity index (χ0n) is 18.0. The lowest BCUT2D eigenvalue weighted by Gasteiger charge is -2.28. The van der Waals surface area contributed by atoms with Gasteiger partial charge in [0.25, 0.3) is 0 Å². The Morgan fingerprint density at radius 3 is 2.45 bits per heavy atom. The van der Waals surface area contributed by atoms with E-state index in [-0.39, 0.29) is 17.8 Å². The zero-order valence-corrected chi connectivity index (χ0v) is 18.0. The summed E-state index contributed by atoms with van der Waals surface area (Å²) >= 11 is 0. The van der Waals surface area contributed by atoms with Crippen LogP contribution >= 0.6 is 0 Å². The van der Waals surface area contributed by atoms with E-state index in [1.165, 1.54) is 13.2 Å². The Labute approximate surface area is 172 Å². The van der Waals surface area contributed by atoms with Gasteiger partial charge >= 0.3 is 5.97 Å². The molecule has 7 nitrogen and oxygen atoms in total. The second kappa shape index (κ2) is 10.6.